The maximum absolute atomic E-state index is 11.6. The highest BCUT2D eigenvalue weighted by atomic mass is 16.5. The van der Waals surface area contributed by atoms with Crippen molar-refractivity contribution in [2.24, 2.45) is 0 Å². The molecule has 0 aliphatic carbocycles. The minimum atomic E-state index is -0.448. The molecule has 6 heteroatoms. The van der Waals surface area contributed by atoms with E-state index in [1.54, 1.807) is 6.20 Å². The van der Waals surface area contributed by atoms with Crippen LogP contribution in [0.4, 0.5) is 0 Å². The highest BCUT2D eigenvalue weighted by molar-refractivity contribution is 5.92. The van der Waals surface area contributed by atoms with Crippen molar-refractivity contribution in [1.82, 2.24) is 14.5 Å². The number of hydrogen-bond donors (Lipinski definition) is 1. The molecule has 0 amide bonds. The first-order valence-corrected chi connectivity index (χ1v) is 5.67. The molecule has 96 valence electrons. The minimum absolute atomic E-state index is 0.346. The van der Waals surface area contributed by atoms with Crippen molar-refractivity contribution in [3.63, 3.8) is 0 Å². The highest BCUT2D eigenvalue weighted by Gasteiger charge is 2.20. The van der Waals surface area contributed by atoms with Crippen molar-refractivity contribution in [2.75, 3.05) is 13.0 Å². The average molecular weight is 248 g/mol. The molecule has 0 saturated carbocycles. The van der Waals surface area contributed by atoms with Gasteiger partial charge in [-0.3, -0.25) is 9.36 Å². The number of nitrogens with zero attached hydrogens (tertiary/aromatic N) is 3. The lowest BCUT2D eigenvalue weighted by atomic mass is 10.1. The Labute approximate surface area is 105 Å². The summed E-state index contributed by atoms with van der Waals surface area (Å²) in [4.78, 5) is 11.6. The van der Waals surface area contributed by atoms with Crippen molar-refractivity contribution in [3.8, 4) is 11.3 Å². The first-order chi connectivity index (χ1) is 8.58. The van der Waals surface area contributed by atoms with Crippen LogP contribution in [-0.2, 0) is 11.3 Å². The maximum Gasteiger partial charge on any atom is 0.356 e. The molecular formula is C12H16N4O2. The van der Waals surface area contributed by atoms with Crippen molar-refractivity contribution >= 4 is 5.97 Å². The van der Waals surface area contributed by atoms with Gasteiger partial charge in [0.1, 0.15) is 0 Å². The lowest BCUT2D eigenvalue weighted by Gasteiger charge is -2.01. The summed E-state index contributed by atoms with van der Waals surface area (Å²) >= 11 is 0. The molecule has 2 rings (SSSR count). The number of nitrogen functional groups attached to an aromatic ring is 1. The number of rotatable bonds is 3. The van der Waals surface area contributed by atoms with E-state index in [1.165, 1.54) is 11.8 Å². The summed E-state index contributed by atoms with van der Waals surface area (Å²) in [6.45, 7) is 4.64. The van der Waals surface area contributed by atoms with Crippen LogP contribution >= 0.6 is 0 Å². The molecule has 0 radical (unpaired) electrons. The van der Waals surface area contributed by atoms with E-state index >= 15 is 0 Å². The second kappa shape index (κ2) is 4.56. The molecular weight excluding hydrogens is 232 g/mol. The normalized spacial score (nSPS) is 10.6. The molecule has 2 N–H and O–H groups in total. The Hall–Kier alpha value is -2.24. The van der Waals surface area contributed by atoms with Gasteiger partial charge in [0.05, 0.1) is 12.8 Å². The van der Waals surface area contributed by atoms with Gasteiger partial charge in [0.2, 0.25) is 0 Å². The van der Waals surface area contributed by atoms with Gasteiger partial charge >= 0.3 is 5.97 Å². The summed E-state index contributed by atoms with van der Waals surface area (Å²) < 4.78 is 7.81. The Balaban J connectivity index is 2.50. The number of esters is 1. The quantitative estimate of drug-likeness (QED) is 0.653. The zero-order valence-corrected chi connectivity index (χ0v) is 10.7. The van der Waals surface area contributed by atoms with Crippen LogP contribution in [0.15, 0.2) is 18.5 Å². The molecule has 0 aliphatic heterocycles. The van der Waals surface area contributed by atoms with Crippen LogP contribution in [-0.4, -0.2) is 27.5 Å². The number of nitrogens with two attached hydrogens (primary N) is 1. The number of hydrogen-bond acceptors (Lipinski definition) is 4. The van der Waals surface area contributed by atoms with Crippen LogP contribution in [0.5, 0.6) is 0 Å². The smallest absolute Gasteiger partial charge is 0.356 e. The van der Waals surface area contributed by atoms with Crippen LogP contribution in [0, 0.1) is 6.92 Å². The lowest BCUT2D eigenvalue weighted by Crippen LogP contribution is -2.17. The third-order valence-electron chi connectivity index (χ3n) is 2.90. The number of aryl methyl sites for hydroxylation is 1. The third kappa shape index (κ3) is 1.85. The lowest BCUT2D eigenvalue weighted by molar-refractivity contribution is 0.0590. The van der Waals surface area contributed by atoms with Crippen molar-refractivity contribution in [3.05, 3.63) is 29.7 Å². The third-order valence-corrected chi connectivity index (χ3v) is 2.90. The van der Waals surface area contributed by atoms with Gasteiger partial charge in [-0.25, -0.2) is 4.79 Å². The Morgan fingerprint density at radius 1 is 1.56 bits per heavy atom. The molecule has 18 heavy (non-hydrogen) atoms. The second-order valence-electron chi connectivity index (χ2n) is 3.97. The van der Waals surface area contributed by atoms with Crippen LogP contribution in [0.2, 0.25) is 0 Å². The molecule has 2 heterocycles. The monoisotopic (exact) mass is 248 g/mol. The van der Waals surface area contributed by atoms with Crippen LogP contribution in [0.1, 0.15) is 23.0 Å². The van der Waals surface area contributed by atoms with Crippen molar-refractivity contribution in [2.45, 2.75) is 20.4 Å². The van der Waals surface area contributed by atoms with Crippen LogP contribution < -0.4 is 5.84 Å². The molecule has 0 atom stereocenters. The summed E-state index contributed by atoms with van der Waals surface area (Å²) in [5, 5.41) is 4.40. The fraction of sp³-hybridized carbons (Fsp3) is 0.333. The molecule has 2 aromatic rings. The largest absolute Gasteiger partial charge is 0.464 e. The van der Waals surface area contributed by atoms with E-state index in [-0.39, 0.29) is 0 Å². The van der Waals surface area contributed by atoms with E-state index in [2.05, 4.69) is 5.10 Å². The summed E-state index contributed by atoms with van der Waals surface area (Å²) in [5.41, 5.74) is 2.75. The second-order valence-corrected chi connectivity index (χ2v) is 3.97. The fourth-order valence-corrected chi connectivity index (χ4v) is 1.92. The molecule has 0 unspecified atom stereocenters. The van der Waals surface area contributed by atoms with E-state index in [1.807, 2.05) is 30.8 Å². The topological polar surface area (TPSA) is 75.1 Å². The summed E-state index contributed by atoms with van der Waals surface area (Å²) in [5.74, 6) is 5.33. The Kier molecular flexibility index (Phi) is 3.10. The number of ether oxygens (including phenoxy) is 1. The number of carbonyl (C=O) groups is 1. The molecule has 0 aliphatic rings. The van der Waals surface area contributed by atoms with E-state index in [0.29, 0.717) is 5.69 Å². The average Bonchev–Trinajstić information content (AvgIpc) is 2.93. The molecule has 0 spiro atoms. The Morgan fingerprint density at radius 2 is 2.28 bits per heavy atom. The van der Waals surface area contributed by atoms with Crippen LogP contribution in [0.3, 0.4) is 0 Å². The molecule has 0 saturated heterocycles. The number of aromatic nitrogens is 3. The van der Waals surface area contributed by atoms with E-state index < -0.39 is 5.97 Å². The summed E-state index contributed by atoms with van der Waals surface area (Å²) in [6.07, 6.45) is 3.57. The van der Waals surface area contributed by atoms with E-state index in [0.717, 1.165) is 23.4 Å². The van der Waals surface area contributed by atoms with Crippen molar-refractivity contribution < 1.29 is 9.53 Å². The minimum Gasteiger partial charge on any atom is -0.464 e. The van der Waals surface area contributed by atoms with Gasteiger partial charge in [0.15, 0.2) is 5.69 Å². The van der Waals surface area contributed by atoms with Gasteiger partial charge in [0, 0.05) is 24.5 Å². The van der Waals surface area contributed by atoms with Gasteiger partial charge in [0.25, 0.3) is 0 Å². The van der Waals surface area contributed by atoms with Gasteiger partial charge in [-0.1, -0.05) is 0 Å². The number of methoxy groups -OCH3 is 1. The fourth-order valence-electron chi connectivity index (χ4n) is 1.92. The summed E-state index contributed by atoms with van der Waals surface area (Å²) in [7, 11) is 1.33. The Bertz CT molecular complexity index is 583. The maximum atomic E-state index is 11.6. The van der Waals surface area contributed by atoms with Gasteiger partial charge < -0.3 is 10.6 Å². The molecule has 2 aromatic heterocycles. The molecule has 6 nitrogen and oxygen atoms in total. The molecule has 0 fully saturated rings. The van der Waals surface area contributed by atoms with Gasteiger partial charge in [-0.05, 0) is 25.5 Å². The first kappa shape index (κ1) is 12.2. The molecule has 0 bridgehead atoms. The SMILES string of the molecule is CCn1ccc(-c2cn(N)c(C(=O)OC)c2C)n1. The highest BCUT2D eigenvalue weighted by Crippen LogP contribution is 2.25. The van der Waals surface area contributed by atoms with E-state index in [4.69, 9.17) is 10.6 Å². The van der Waals surface area contributed by atoms with Gasteiger partial charge in [-0.15, -0.1) is 0 Å². The first-order valence-electron chi connectivity index (χ1n) is 5.67. The Morgan fingerprint density at radius 3 is 2.83 bits per heavy atom. The molecule has 0 aromatic carbocycles. The van der Waals surface area contributed by atoms with Crippen LogP contribution in [0.25, 0.3) is 11.3 Å². The predicted molar refractivity (Wildman–Crippen MR) is 67.6 cm³/mol. The standard InChI is InChI=1S/C12H16N4O2/c1-4-15-6-5-10(14-15)9-7-16(13)11(8(9)2)12(17)18-3/h5-7H,4,13H2,1-3H3. The van der Waals surface area contributed by atoms with Crippen molar-refractivity contribution in [1.29, 1.82) is 0 Å². The number of carbonyl (C=O) groups excluding carboxylic acids is 1. The predicted octanol–water partition coefficient (Wildman–Crippen LogP) is 1.18. The van der Waals surface area contributed by atoms with E-state index in [9.17, 15) is 4.79 Å². The van der Waals surface area contributed by atoms with Gasteiger partial charge in [-0.2, -0.15) is 5.10 Å². The summed E-state index contributed by atoms with van der Waals surface area (Å²) in [6, 6.07) is 1.90. The zero-order valence-electron chi connectivity index (χ0n) is 10.7. The zero-order chi connectivity index (χ0) is 13.3.